The summed E-state index contributed by atoms with van der Waals surface area (Å²) in [5, 5.41) is 0.555. The number of hydrogen-bond donors (Lipinski definition) is 2. The first kappa shape index (κ1) is 23.5. The van der Waals surface area contributed by atoms with Gasteiger partial charge in [0.2, 0.25) is 0 Å². The maximum Gasteiger partial charge on any atom is 0.330 e. The minimum Gasteiger partial charge on any atom is -0.481 e. The number of rotatable bonds is 10. The number of carbonyl (C=O) groups excluding carboxylic acids is 1. The number of aromatic nitrogens is 2. The average Bonchev–Trinajstić information content (AvgIpc) is 2.71. The molecule has 1 amide bonds. The second-order valence-electron chi connectivity index (χ2n) is 7.06. The molecule has 1 aromatic heterocycles. The Morgan fingerprint density at radius 3 is 2.43 bits per heavy atom. The van der Waals surface area contributed by atoms with Crippen molar-refractivity contribution in [3.8, 4) is 5.75 Å². The number of carbonyl (C=O) groups is 1. The van der Waals surface area contributed by atoms with E-state index in [9.17, 15) is 14.4 Å². The standard InChI is InChI=1S/C21H29ClN4O4/c1-4-6-12-25(20(28)14(3)30-16-10-8-15(22)9-11-16)17-18(23)26(13-7-5-2)21(29)24-19(17)27/h8-11,14H,4-7,12-13,23H2,1-3H3,(H,24,27,29)/t14-/m1/s1. The van der Waals surface area contributed by atoms with Crippen LogP contribution in [0.3, 0.4) is 0 Å². The Bertz CT molecular complexity index is 968. The molecular formula is C21H29ClN4O4. The third kappa shape index (κ3) is 5.66. The molecule has 0 saturated carbocycles. The van der Waals surface area contributed by atoms with Crippen LogP contribution in [0.2, 0.25) is 5.02 Å². The molecule has 9 heteroatoms. The van der Waals surface area contributed by atoms with E-state index in [4.69, 9.17) is 22.1 Å². The number of nitrogens with two attached hydrogens (primary N) is 1. The predicted molar refractivity (Wildman–Crippen MR) is 119 cm³/mol. The van der Waals surface area contributed by atoms with Gasteiger partial charge in [-0.3, -0.25) is 19.1 Å². The smallest absolute Gasteiger partial charge is 0.330 e. The molecule has 0 unspecified atom stereocenters. The van der Waals surface area contributed by atoms with Crippen LogP contribution in [-0.4, -0.2) is 28.1 Å². The van der Waals surface area contributed by atoms with E-state index in [1.807, 2.05) is 13.8 Å². The van der Waals surface area contributed by atoms with Gasteiger partial charge in [-0.25, -0.2) is 4.79 Å². The van der Waals surface area contributed by atoms with Crippen molar-refractivity contribution in [3.63, 3.8) is 0 Å². The fourth-order valence-electron chi connectivity index (χ4n) is 3.01. The molecule has 0 aliphatic rings. The van der Waals surface area contributed by atoms with E-state index < -0.39 is 23.3 Å². The Morgan fingerprint density at radius 1 is 1.20 bits per heavy atom. The van der Waals surface area contributed by atoms with Crippen molar-refractivity contribution in [3.05, 3.63) is 50.1 Å². The second kappa shape index (κ2) is 10.9. The summed E-state index contributed by atoms with van der Waals surface area (Å²) in [7, 11) is 0. The van der Waals surface area contributed by atoms with Gasteiger partial charge >= 0.3 is 5.69 Å². The summed E-state index contributed by atoms with van der Waals surface area (Å²) in [6, 6.07) is 6.65. The Morgan fingerprint density at radius 2 is 1.83 bits per heavy atom. The molecule has 2 rings (SSSR count). The normalized spacial score (nSPS) is 11.9. The minimum atomic E-state index is -0.877. The van der Waals surface area contributed by atoms with Crippen LogP contribution in [0.25, 0.3) is 0 Å². The largest absolute Gasteiger partial charge is 0.481 e. The number of nitrogens with one attached hydrogen (secondary N) is 1. The Hall–Kier alpha value is -2.74. The number of anilines is 2. The van der Waals surface area contributed by atoms with E-state index in [1.54, 1.807) is 31.2 Å². The molecule has 0 aliphatic carbocycles. The number of nitrogen functional groups attached to an aromatic ring is 1. The van der Waals surface area contributed by atoms with Crippen LogP contribution in [0.15, 0.2) is 33.9 Å². The van der Waals surface area contributed by atoms with Gasteiger partial charge in [0, 0.05) is 18.1 Å². The summed E-state index contributed by atoms with van der Waals surface area (Å²) < 4.78 is 7.04. The third-order valence-corrected chi connectivity index (χ3v) is 4.95. The highest BCUT2D eigenvalue weighted by molar-refractivity contribution is 6.30. The lowest BCUT2D eigenvalue weighted by molar-refractivity contribution is -0.124. The Labute approximate surface area is 180 Å². The van der Waals surface area contributed by atoms with Crippen LogP contribution < -0.4 is 26.6 Å². The summed E-state index contributed by atoms with van der Waals surface area (Å²) in [5.41, 5.74) is 4.91. The summed E-state index contributed by atoms with van der Waals surface area (Å²) in [4.78, 5) is 41.7. The van der Waals surface area contributed by atoms with Gasteiger partial charge in [-0.2, -0.15) is 0 Å². The molecule has 1 heterocycles. The van der Waals surface area contributed by atoms with Crippen LogP contribution in [0.1, 0.15) is 46.5 Å². The maximum atomic E-state index is 13.2. The lowest BCUT2D eigenvalue weighted by atomic mass is 10.2. The van der Waals surface area contributed by atoms with Crippen molar-refractivity contribution < 1.29 is 9.53 Å². The highest BCUT2D eigenvalue weighted by Gasteiger charge is 2.28. The number of halogens is 1. The summed E-state index contributed by atoms with van der Waals surface area (Å²) in [5.74, 6) is 0.0436. The molecule has 164 valence electrons. The molecule has 0 radical (unpaired) electrons. The first-order valence-corrected chi connectivity index (χ1v) is 10.5. The Balaban J connectivity index is 2.41. The van der Waals surface area contributed by atoms with Gasteiger partial charge in [0.25, 0.3) is 11.5 Å². The number of hydrogen-bond acceptors (Lipinski definition) is 5. The van der Waals surface area contributed by atoms with Crippen LogP contribution in [0, 0.1) is 0 Å². The predicted octanol–water partition coefficient (Wildman–Crippen LogP) is 3.17. The fraction of sp³-hybridized carbons (Fsp3) is 0.476. The van der Waals surface area contributed by atoms with Gasteiger partial charge < -0.3 is 15.4 Å². The molecule has 1 atom stereocenters. The molecule has 0 fully saturated rings. The molecule has 30 heavy (non-hydrogen) atoms. The molecule has 3 N–H and O–H groups in total. The third-order valence-electron chi connectivity index (χ3n) is 4.69. The van der Waals surface area contributed by atoms with Crippen molar-refractivity contribution in [1.82, 2.24) is 9.55 Å². The number of nitrogens with zero attached hydrogens (tertiary/aromatic N) is 2. The molecule has 1 aromatic carbocycles. The second-order valence-corrected chi connectivity index (χ2v) is 7.49. The first-order valence-electron chi connectivity index (χ1n) is 10.2. The zero-order valence-electron chi connectivity index (χ0n) is 17.6. The average molecular weight is 437 g/mol. The van der Waals surface area contributed by atoms with E-state index >= 15 is 0 Å². The zero-order chi connectivity index (χ0) is 22.3. The minimum absolute atomic E-state index is 0.0136. The van der Waals surface area contributed by atoms with E-state index in [0.717, 1.165) is 12.8 Å². The van der Waals surface area contributed by atoms with Gasteiger partial charge in [-0.1, -0.05) is 38.3 Å². The highest BCUT2D eigenvalue weighted by Crippen LogP contribution is 2.21. The summed E-state index contributed by atoms with van der Waals surface area (Å²) in [6.07, 6.45) is 2.16. The van der Waals surface area contributed by atoms with E-state index in [1.165, 1.54) is 9.47 Å². The number of amides is 1. The molecule has 8 nitrogen and oxygen atoms in total. The van der Waals surface area contributed by atoms with Gasteiger partial charge in [-0.05, 0) is 44.0 Å². The van der Waals surface area contributed by atoms with E-state index in [2.05, 4.69) is 4.98 Å². The first-order chi connectivity index (χ1) is 14.3. The van der Waals surface area contributed by atoms with Gasteiger partial charge in [0.1, 0.15) is 11.6 Å². The number of H-pyrrole nitrogens is 1. The SMILES string of the molecule is CCCCN(C(=O)[C@@H](C)Oc1ccc(Cl)cc1)c1c(N)n(CCCC)c(=O)[nH]c1=O. The monoisotopic (exact) mass is 436 g/mol. The van der Waals surface area contributed by atoms with Crippen LogP contribution in [-0.2, 0) is 11.3 Å². The zero-order valence-corrected chi connectivity index (χ0v) is 18.4. The van der Waals surface area contributed by atoms with Crippen LogP contribution in [0.4, 0.5) is 11.5 Å². The number of ether oxygens (including phenoxy) is 1. The maximum absolute atomic E-state index is 13.2. The molecule has 0 saturated heterocycles. The van der Waals surface area contributed by atoms with Crippen molar-refractivity contribution in [1.29, 1.82) is 0 Å². The van der Waals surface area contributed by atoms with Crippen LogP contribution >= 0.6 is 11.6 Å². The number of benzene rings is 1. The van der Waals surface area contributed by atoms with Gasteiger partial charge in [-0.15, -0.1) is 0 Å². The Kier molecular flexibility index (Phi) is 8.53. The molecule has 0 bridgehead atoms. The van der Waals surface area contributed by atoms with Crippen molar-refractivity contribution in [2.24, 2.45) is 0 Å². The molecule has 2 aromatic rings. The number of aromatic amines is 1. The lowest BCUT2D eigenvalue weighted by Gasteiger charge is -2.27. The van der Waals surface area contributed by atoms with Crippen molar-refractivity contribution in [2.75, 3.05) is 17.2 Å². The van der Waals surface area contributed by atoms with Gasteiger partial charge in [0.05, 0.1) is 0 Å². The van der Waals surface area contributed by atoms with Gasteiger partial charge in [0.15, 0.2) is 11.8 Å². The fourth-order valence-corrected chi connectivity index (χ4v) is 3.14. The van der Waals surface area contributed by atoms with Crippen molar-refractivity contribution in [2.45, 2.75) is 59.1 Å². The molecule has 0 spiro atoms. The van der Waals surface area contributed by atoms with E-state index in [-0.39, 0.29) is 18.1 Å². The highest BCUT2D eigenvalue weighted by atomic mass is 35.5. The van der Waals surface area contributed by atoms with Crippen LogP contribution in [0.5, 0.6) is 5.75 Å². The number of unbranched alkanes of at least 4 members (excludes halogenated alkanes) is 2. The summed E-state index contributed by atoms with van der Waals surface area (Å²) in [6.45, 7) is 6.21. The lowest BCUT2D eigenvalue weighted by Crippen LogP contribution is -2.46. The van der Waals surface area contributed by atoms with E-state index in [0.29, 0.717) is 30.2 Å². The summed E-state index contributed by atoms with van der Waals surface area (Å²) >= 11 is 5.89. The quantitative estimate of drug-likeness (QED) is 0.594. The topological polar surface area (TPSA) is 110 Å². The molecule has 0 aliphatic heterocycles. The van der Waals surface area contributed by atoms with Crippen molar-refractivity contribution >= 4 is 29.0 Å². The molecular weight excluding hydrogens is 408 g/mol.